The van der Waals surface area contributed by atoms with Crippen LogP contribution in [-0.2, 0) is 6.42 Å². The average Bonchev–Trinajstić information content (AvgIpc) is 2.88. The second-order valence-electron chi connectivity index (χ2n) is 7.59. The van der Waals surface area contributed by atoms with Gasteiger partial charge in [-0.2, -0.15) is 5.10 Å². The fourth-order valence-electron chi connectivity index (χ4n) is 3.23. The molecule has 0 heterocycles. The first kappa shape index (κ1) is 27.3. The Kier molecular flexibility index (Phi) is 10.4. The van der Waals surface area contributed by atoms with Crippen LogP contribution in [0.1, 0.15) is 21.5 Å². The Labute approximate surface area is 223 Å². The summed E-state index contributed by atoms with van der Waals surface area (Å²) in [5, 5.41) is 16.9. The lowest BCUT2D eigenvalue weighted by Gasteiger charge is -2.15. The maximum atomic E-state index is 12.2. The Morgan fingerprint density at radius 2 is 1.75 bits per heavy atom. The predicted molar refractivity (Wildman–Crippen MR) is 144 cm³/mol. The molecule has 3 aromatic rings. The van der Waals surface area contributed by atoms with Gasteiger partial charge in [-0.05, 0) is 61.0 Å². The Bertz CT molecular complexity index is 1180. The summed E-state index contributed by atoms with van der Waals surface area (Å²) in [6, 6.07) is 15.9. The Morgan fingerprint density at radius 3 is 2.39 bits per heavy atom. The van der Waals surface area contributed by atoms with Crippen molar-refractivity contribution in [1.29, 1.82) is 0 Å². The van der Waals surface area contributed by atoms with Gasteiger partial charge in [-0.1, -0.05) is 39.7 Å². The first-order valence-electron chi connectivity index (χ1n) is 11.1. The van der Waals surface area contributed by atoms with Crippen LogP contribution in [0, 0.1) is 0 Å². The van der Waals surface area contributed by atoms with E-state index in [4.69, 9.17) is 25.8 Å². The summed E-state index contributed by atoms with van der Waals surface area (Å²) in [5.41, 5.74) is 4.57. The number of carbonyl (C=O) groups is 1. The molecule has 0 spiro atoms. The van der Waals surface area contributed by atoms with E-state index in [2.05, 4.69) is 43.9 Å². The number of nitrogens with one attached hydrogen (secondary N) is 2. The van der Waals surface area contributed by atoms with Gasteiger partial charge in [-0.3, -0.25) is 4.79 Å². The van der Waals surface area contributed by atoms with Crippen molar-refractivity contribution in [1.82, 2.24) is 10.7 Å². The number of ether oxygens (including phenoxy) is 3. The molecule has 0 radical (unpaired) electrons. The van der Waals surface area contributed by atoms with E-state index in [1.807, 2.05) is 12.1 Å². The zero-order valence-corrected chi connectivity index (χ0v) is 22.2. The van der Waals surface area contributed by atoms with Gasteiger partial charge in [0.05, 0.1) is 25.5 Å². The molecule has 0 saturated heterocycles. The van der Waals surface area contributed by atoms with Crippen LogP contribution in [0.15, 0.2) is 64.2 Å². The fourth-order valence-corrected chi connectivity index (χ4v) is 3.67. The van der Waals surface area contributed by atoms with Crippen molar-refractivity contribution in [3.63, 3.8) is 0 Å². The molecule has 0 aliphatic rings. The highest BCUT2D eigenvalue weighted by Gasteiger charge is 2.14. The molecule has 3 aromatic carbocycles. The lowest BCUT2D eigenvalue weighted by atomic mass is 10.1. The molecule has 0 bridgehead atoms. The van der Waals surface area contributed by atoms with Crippen molar-refractivity contribution in [2.45, 2.75) is 6.42 Å². The van der Waals surface area contributed by atoms with Gasteiger partial charge < -0.3 is 24.6 Å². The standard InChI is InChI=1S/C26H27BrClN3O5/c1-34-23-13-18(16-30-31-26(33)19-5-8-22(32)21(28)15-19)14-24(35-2)25(23)36-12-11-29-10-9-17-3-6-20(27)7-4-17/h3-8,13-16,29,32H,9-12H2,1-2H3,(H,31,33)/b30-16+. The maximum absolute atomic E-state index is 12.2. The molecule has 3 N–H and O–H groups in total. The molecule has 8 nitrogen and oxygen atoms in total. The number of hydrogen-bond donors (Lipinski definition) is 3. The SMILES string of the molecule is COc1cc(/C=N/NC(=O)c2ccc(O)c(Cl)c2)cc(OC)c1OCCNCCc1ccc(Br)cc1. The van der Waals surface area contributed by atoms with Crippen LogP contribution >= 0.6 is 27.5 Å². The first-order valence-corrected chi connectivity index (χ1v) is 12.2. The molecule has 0 saturated carbocycles. The third-order valence-electron chi connectivity index (χ3n) is 5.10. The van der Waals surface area contributed by atoms with Gasteiger partial charge in [0.25, 0.3) is 5.91 Å². The zero-order valence-electron chi connectivity index (χ0n) is 19.9. The highest BCUT2D eigenvalue weighted by molar-refractivity contribution is 9.10. The first-order chi connectivity index (χ1) is 17.4. The fraction of sp³-hybridized carbons (Fsp3) is 0.231. The van der Waals surface area contributed by atoms with E-state index in [0.717, 1.165) is 17.4 Å². The highest BCUT2D eigenvalue weighted by atomic mass is 79.9. The number of halogens is 2. The quantitative estimate of drug-likeness (QED) is 0.163. The minimum Gasteiger partial charge on any atom is -0.506 e. The number of amides is 1. The molecule has 0 unspecified atom stereocenters. The summed E-state index contributed by atoms with van der Waals surface area (Å²) in [7, 11) is 3.07. The van der Waals surface area contributed by atoms with Crippen molar-refractivity contribution in [3.05, 3.63) is 80.8 Å². The Balaban J connectivity index is 1.54. The second-order valence-corrected chi connectivity index (χ2v) is 8.92. The topological polar surface area (TPSA) is 101 Å². The van der Waals surface area contributed by atoms with Crippen molar-refractivity contribution in [2.24, 2.45) is 5.10 Å². The minimum absolute atomic E-state index is 0.0801. The number of aromatic hydroxyl groups is 1. The van der Waals surface area contributed by atoms with Gasteiger partial charge in [-0.15, -0.1) is 0 Å². The van der Waals surface area contributed by atoms with Crippen molar-refractivity contribution >= 4 is 39.7 Å². The molecule has 3 rings (SSSR count). The molecule has 36 heavy (non-hydrogen) atoms. The number of hydrazone groups is 1. The molecule has 0 fully saturated rings. The monoisotopic (exact) mass is 575 g/mol. The summed E-state index contributed by atoms with van der Waals surface area (Å²) < 4.78 is 18.0. The summed E-state index contributed by atoms with van der Waals surface area (Å²) in [5.74, 6) is 0.855. The lowest BCUT2D eigenvalue weighted by molar-refractivity contribution is 0.0955. The zero-order chi connectivity index (χ0) is 25.9. The molecule has 190 valence electrons. The summed E-state index contributed by atoms with van der Waals surface area (Å²) in [6.07, 6.45) is 2.38. The lowest BCUT2D eigenvalue weighted by Crippen LogP contribution is -2.23. The van der Waals surface area contributed by atoms with Gasteiger partial charge in [0.15, 0.2) is 11.5 Å². The smallest absolute Gasteiger partial charge is 0.271 e. The van der Waals surface area contributed by atoms with Crippen LogP contribution in [0.3, 0.4) is 0 Å². The van der Waals surface area contributed by atoms with Gasteiger partial charge in [0.2, 0.25) is 5.75 Å². The summed E-state index contributed by atoms with van der Waals surface area (Å²) in [6.45, 7) is 1.90. The van der Waals surface area contributed by atoms with E-state index in [-0.39, 0.29) is 16.3 Å². The normalized spacial score (nSPS) is 10.9. The summed E-state index contributed by atoms with van der Waals surface area (Å²) in [4.78, 5) is 12.2. The van der Waals surface area contributed by atoms with Crippen molar-refractivity contribution in [3.8, 4) is 23.0 Å². The van der Waals surface area contributed by atoms with Crippen LogP contribution in [0.5, 0.6) is 23.0 Å². The van der Waals surface area contributed by atoms with E-state index in [9.17, 15) is 9.90 Å². The number of rotatable bonds is 12. The number of phenols is 1. The van der Waals surface area contributed by atoms with Crippen LogP contribution < -0.4 is 25.0 Å². The molecule has 1 amide bonds. The van der Waals surface area contributed by atoms with Crippen molar-refractivity contribution in [2.75, 3.05) is 33.9 Å². The summed E-state index contributed by atoms with van der Waals surface area (Å²) >= 11 is 9.29. The van der Waals surface area contributed by atoms with Gasteiger partial charge in [0, 0.05) is 22.1 Å². The molecular weight excluding hydrogens is 550 g/mol. The largest absolute Gasteiger partial charge is 0.506 e. The van der Waals surface area contributed by atoms with Crippen LogP contribution in [0.25, 0.3) is 0 Å². The third kappa shape index (κ3) is 7.87. The number of hydrogen-bond acceptors (Lipinski definition) is 7. The third-order valence-corrected chi connectivity index (χ3v) is 5.93. The highest BCUT2D eigenvalue weighted by Crippen LogP contribution is 2.38. The molecule has 0 aliphatic heterocycles. The Morgan fingerprint density at radius 1 is 1.06 bits per heavy atom. The molecule has 0 atom stereocenters. The number of nitrogens with zero attached hydrogens (tertiary/aromatic N) is 1. The second kappa shape index (κ2) is 13.7. The van der Waals surface area contributed by atoms with Crippen LogP contribution in [-0.4, -0.2) is 51.1 Å². The van der Waals surface area contributed by atoms with E-state index in [1.54, 1.807) is 12.1 Å². The molecule has 0 aromatic heterocycles. The van der Waals surface area contributed by atoms with E-state index in [0.29, 0.717) is 36.0 Å². The minimum atomic E-state index is -0.473. The Hall–Kier alpha value is -3.27. The predicted octanol–water partition coefficient (Wildman–Crippen LogP) is 4.80. The van der Waals surface area contributed by atoms with Crippen LogP contribution in [0.4, 0.5) is 0 Å². The number of phenolic OH excluding ortho intramolecular Hbond substituents is 1. The molecule has 0 aliphatic carbocycles. The number of benzene rings is 3. The van der Waals surface area contributed by atoms with E-state index >= 15 is 0 Å². The van der Waals surface area contributed by atoms with Gasteiger partial charge >= 0.3 is 0 Å². The van der Waals surface area contributed by atoms with Crippen molar-refractivity contribution < 1.29 is 24.1 Å². The van der Waals surface area contributed by atoms with E-state index < -0.39 is 5.91 Å². The van der Waals surface area contributed by atoms with Gasteiger partial charge in [-0.25, -0.2) is 5.43 Å². The average molecular weight is 577 g/mol. The number of methoxy groups -OCH3 is 2. The maximum Gasteiger partial charge on any atom is 0.271 e. The van der Waals surface area contributed by atoms with Gasteiger partial charge in [0.1, 0.15) is 12.4 Å². The van der Waals surface area contributed by atoms with E-state index in [1.165, 1.54) is 44.2 Å². The molecule has 10 heteroatoms. The number of carbonyl (C=O) groups excluding carboxylic acids is 1. The van der Waals surface area contributed by atoms with Crippen LogP contribution in [0.2, 0.25) is 5.02 Å². The molecular formula is C26H27BrClN3O5.